The van der Waals surface area contributed by atoms with Gasteiger partial charge in [-0.05, 0) is 55.0 Å². The molecule has 0 spiro atoms. The van der Waals surface area contributed by atoms with Crippen molar-refractivity contribution < 1.29 is 13.9 Å². The molecule has 0 aliphatic carbocycles. The van der Waals surface area contributed by atoms with E-state index in [-0.39, 0.29) is 11.9 Å². The van der Waals surface area contributed by atoms with Crippen LogP contribution in [0.4, 0.5) is 10.2 Å². The fraction of sp³-hybridized carbons (Fsp3) is 0.125. The molecular weight excluding hydrogens is 381 g/mol. The van der Waals surface area contributed by atoms with Crippen molar-refractivity contribution in [2.45, 2.75) is 13.0 Å². The summed E-state index contributed by atoms with van der Waals surface area (Å²) in [4.78, 5) is 21.4. The van der Waals surface area contributed by atoms with Crippen molar-refractivity contribution in [3.63, 3.8) is 0 Å². The molecule has 5 nitrogen and oxygen atoms in total. The highest BCUT2D eigenvalue weighted by Crippen LogP contribution is 2.30. The predicted molar refractivity (Wildman–Crippen MR) is 115 cm³/mol. The van der Waals surface area contributed by atoms with Crippen molar-refractivity contribution in [2.24, 2.45) is 0 Å². The Bertz CT molecular complexity index is 1190. The molecule has 1 atom stereocenters. The van der Waals surface area contributed by atoms with Gasteiger partial charge in [-0.25, -0.2) is 19.2 Å². The van der Waals surface area contributed by atoms with Gasteiger partial charge in [0, 0.05) is 5.56 Å². The maximum absolute atomic E-state index is 13.4. The average molecular weight is 401 g/mol. The van der Waals surface area contributed by atoms with E-state index in [0.29, 0.717) is 28.1 Å². The minimum Gasteiger partial charge on any atom is -0.465 e. The summed E-state index contributed by atoms with van der Waals surface area (Å²) in [5.74, 6) is -0.205. The minimum absolute atomic E-state index is 0.0408. The molecule has 0 aliphatic heterocycles. The highest BCUT2D eigenvalue weighted by molar-refractivity contribution is 5.94. The molecule has 0 fully saturated rings. The lowest BCUT2D eigenvalue weighted by Gasteiger charge is -2.18. The molecule has 1 aromatic heterocycles. The lowest BCUT2D eigenvalue weighted by Crippen LogP contribution is -2.10. The minimum atomic E-state index is -0.437. The number of benzene rings is 3. The zero-order valence-electron chi connectivity index (χ0n) is 16.6. The van der Waals surface area contributed by atoms with Crippen molar-refractivity contribution >= 4 is 22.8 Å². The van der Waals surface area contributed by atoms with E-state index in [2.05, 4.69) is 5.32 Å². The Hall–Kier alpha value is -3.80. The highest BCUT2D eigenvalue weighted by Gasteiger charge is 2.16. The second kappa shape index (κ2) is 8.29. The number of nitrogens with one attached hydrogen (secondary N) is 1. The van der Waals surface area contributed by atoms with Crippen molar-refractivity contribution in [2.75, 3.05) is 12.4 Å². The van der Waals surface area contributed by atoms with E-state index < -0.39 is 5.97 Å². The van der Waals surface area contributed by atoms with E-state index in [4.69, 9.17) is 14.7 Å². The first-order chi connectivity index (χ1) is 14.5. The van der Waals surface area contributed by atoms with Gasteiger partial charge >= 0.3 is 5.97 Å². The summed E-state index contributed by atoms with van der Waals surface area (Å²) in [7, 11) is 1.34. The van der Waals surface area contributed by atoms with Gasteiger partial charge in [0.2, 0.25) is 0 Å². The Morgan fingerprint density at radius 2 is 1.70 bits per heavy atom. The van der Waals surface area contributed by atoms with Crippen LogP contribution in [0.3, 0.4) is 0 Å². The summed E-state index contributed by atoms with van der Waals surface area (Å²) in [5.41, 5.74) is 4.02. The van der Waals surface area contributed by atoms with E-state index in [0.717, 1.165) is 11.1 Å². The predicted octanol–water partition coefficient (Wildman–Crippen LogP) is 5.40. The molecule has 0 radical (unpaired) electrons. The second-order valence-corrected chi connectivity index (χ2v) is 6.90. The van der Waals surface area contributed by atoms with Crippen molar-refractivity contribution in [3.8, 4) is 11.3 Å². The number of ether oxygens (including phenoxy) is 1. The zero-order valence-corrected chi connectivity index (χ0v) is 16.6. The first-order valence-corrected chi connectivity index (χ1v) is 9.52. The third-order valence-corrected chi connectivity index (χ3v) is 4.86. The van der Waals surface area contributed by atoms with Crippen LogP contribution >= 0.6 is 0 Å². The van der Waals surface area contributed by atoms with Crippen LogP contribution in [0.5, 0.6) is 0 Å². The fourth-order valence-corrected chi connectivity index (χ4v) is 3.24. The Balaban J connectivity index is 1.83. The van der Waals surface area contributed by atoms with Gasteiger partial charge in [-0.1, -0.05) is 30.3 Å². The van der Waals surface area contributed by atoms with E-state index in [1.165, 1.54) is 19.2 Å². The van der Waals surface area contributed by atoms with Crippen LogP contribution in [0.25, 0.3) is 22.3 Å². The van der Waals surface area contributed by atoms with Gasteiger partial charge in [0.1, 0.15) is 11.5 Å². The third kappa shape index (κ3) is 3.98. The number of esters is 1. The first kappa shape index (κ1) is 19.5. The van der Waals surface area contributed by atoms with Gasteiger partial charge in [-0.15, -0.1) is 0 Å². The molecule has 0 bridgehead atoms. The summed E-state index contributed by atoms with van der Waals surface area (Å²) < 4.78 is 18.2. The Morgan fingerprint density at radius 3 is 2.40 bits per heavy atom. The van der Waals surface area contributed by atoms with Gasteiger partial charge < -0.3 is 10.1 Å². The number of rotatable bonds is 5. The molecule has 0 saturated heterocycles. The number of aromatic nitrogens is 2. The molecule has 150 valence electrons. The number of nitrogens with zero attached hydrogens (tertiary/aromatic N) is 2. The Kier molecular flexibility index (Phi) is 5.39. The lowest BCUT2D eigenvalue weighted by atomic mass is 10.1. The number of carbonyl (C=O) groups is 1. The van der Waals surface area contributed by atoms with Gasteiger partial charge in [0.25, 0.3) is 0 Å². The maximum atomic E-state index is 13.4. The van der Waals surface area contributed by atoms with E-state index in [1.807, 2.05) is 37.3 Å². The van der Waals surface area contributed by atoms with Crippen molar-refractivity contribution in [1.29, 1.82) is 0 Å². The smallest absolute Gasteiger partial charge is 0.337 e. The maximum Gasteiger partial charge on any atom is 0.337 e. The van der Waals surface area contributed by atoms with Gasteiger partial charge in [0.05, 0.1) is 29.7 Å². The molecule has 6 heteroatoms. The van der Waals surface area contributed by atoms with E-state index >= 15 is 0 Å². The number of anilines is 1. The number of halogens is 1. The topological polar surface area (TPSA) is 64.1 Å². The molecule has 0 saturated carbocycles. The summed E-state index contributed by atoms with van der Waals surface area (Å²) in [6.07, 6.45) is 0. The van der Waals surface area contributed by atoms with Crippen LogP contribution < -0.4 is 5.32 Å². The number of hydrogen-bond acceptors (Lipinski definition) is 5. The first-order valence-electron chi connectivity index (χ1n) is 9.52. The largest absolute Gasteiger partial charge is 0.465 e. The Labute approximate surface area is 173 Å². The summed E-state index contributed by atoms with van der Waals surface area (Å²) >= 11 is 0. The molecular formula is C24H20FN3O2. The van der Waals surface area contributed by atoms with Crippen LogP contribution in [0.2, 0.25) is 0 Å². The molecule has 1 N–H and O–H groups in total. The second-order valence-electron chi connectivity index (χ2n) is 6.90. The Morgan fingerprint density at radius 1 is 0.967 bits per heavy atom. The van der Waals surface area contributed by atoms with Crippen LogP contribution in [-0.4, -0.2) is 23.0 Å². The van der Waals surface area contributed by atoms with E-state index in [9.17, 15) is 9.18 Å². The number of carbonyl (C=O) groups excluding carboxylic acids is 1. The summed E-state index contributed by atoms with van der Waals surface area (Å²) in [6, 6.07) is 21.1. The number of methoxy groups -OCH3 is 1. The standard InChI is InChI=1S/C24H20FN3O2/c1-15(16-6-4-3-5-7-16)26-23-22(17-8-11-19(25)12-9-17)27-20-13-10-18(24(29)30-2)14-21(20)28-23/h3-15H,1-2H3,(H,26,28)/t15-/m0/s1. The normalized spacial score (nSPS) is 11.8. The van der Waals surface area contributed by atoms with Crippen LogP contribution in [-0.2, 0) is 4.74 Å². The molecule has 4 aromatic rings. The van der Waals surface area contributed by atoms with E-state index in [1.54, 1.807) is 30.3 Å². The van der Waals surface area contributed by atoms with Crippen LogP contribution in [0, 0.1) is 5.82 Å². The summed E-state index contributed by atoms with van der Waals surface area (Å²) in [5, 5.41) is 3.41. The molecule has 30 heavy (non-hydrogen) atoms. The molecule has 1 heterocycles. The number of hydrogen-bond donors (Lipinski definition) is 1. The van der Waals surface area contributed by atoms with Crippen molar-refractivity contribution in [3.05, 3.63) is 89.7 Å². The molecule has 0 aliphatic rings. The monoisotopic (exact) mass is 401 g/mol. The highest BCUT2D eigenvalue weighted by atomic mass is 19.1. The molecule has 0 unspecified atom stereocenters. The molecule has 3 aromatic carbocycles. The SMILES string of the molecule is COC(=O)c1ccc2nc(-c3ccc(F)cc3)c(N[C@@H](C)c3ccccc3)nc2c1. The molecule has 0 amide bonds. The third-order valence-electron chi connectivity index (χ3n) is 4.86. The summed E-state index contributed by atoms with van der Waals surface area (Å²) in [6.45, 7) is 2.03. The number of fused-ring (bicyclic) bond motifs is 1. The molecule has 4 rings (SSSR count). The van der Waals surface area contributed by atoms with Gasteiger partial charge in [-0.3, -0.25) is 0 Å². The van der Waals surface area contributed by atoms with Crippen molar-refractivity contribution in [1.82, 2.24) is 9.97 Å². The van der Waals surface area contributed by atoms with Gasteiger partial charge in [0.15, 0.2) is 5.82 Å². The van der Waals surface area contributed by atoms with Crippen LogP contribution in [0.15, 0.2) is 72.8 Å². The quantitative estimate of drug-likeness (QED) is 0.454. The zero-order chi connectivity index (χ0) is 21.1. The van der Waals surface area contributed by atoms with Gasteiger partial charge in [-0.2, -0.15) is 0 Å². The fourth-order valence-electron chi connectivity index (χ4n) is 3.24. The average Bonchev–Trinajstić information content (AvgIpc) is 2.79. The van der Waals surface area contributed by atoms with Crippen LogP contribution in [0.1, 0.15) is 28.9 Å². The lowest BCUT2D eigenvalue weighted by molar-refractivity contribution is 0.0601.